The van der Waals surface area contributed by atoms with Gasteiger partial charge in [-0.1, -0.05) is 12.1 Å². The molecule has 0 bridgehead atoms. The average molecular weight is 330 g/mol. The van der Waals surface area contributed by atoms with Crippen molar-refractivity contribution >= 4 is 5.91 Å². The second kappa shape index (κ2) is 8.20. The Labute approximate surface area is 143 Å². The predicted molar refractivity (Wildman–Crippen MR) is 92.8 cm³/mol. The fourth-order valence-corrected chi connectivity index (χ4v) is 3.28. The summed E-state index contributed by atoms with van der Waals surface area (Å²) in [6.45, 7) is 3.75. The van der Waals surface area contributed by atoms with Gasteiger partial charge >= 0.3 is 0 Å². The van der Waals surface area contributed by atoms with E-state index in [-0.39, 0.29) is 11.9 Å². The standard InChI is InChI=1S/C19H26N2O3/c1-23-17-8-6-15(7-9-17)18(13-21-10-2-3-11-21)20-19(22)16-5-4-12-24-14-16/h6-9,14,18H,2-5,10-13H2,1H3,(H,20,22)/t18-/m0/s1. The van der Waals surface area contributed by atoms with Crippen molar-refractivity contribution in [1.29, 1.82) is 0 Å². The van der Waals surface area contributed by atoms with E-state index in [1.807, 2.05) is 24.3 Å². The maximum absolute atomic E-state index is 12.6. The average Bonchev–Trinajstić information content (AvgIpc) is 3.15. The van der Waals surface area contributed by atoms with Crippen LogP contribution in [0.3, 0.4) is 0 Å². The van der Waals surface area contributed by atoms with Gasteiger partial charge in [-0.2, -0.15) is 0 Å². The molecule has 24 heavy (non-hydrogen) atoms. The highest BCUT2D eigenvalue weighted by molar-refractivity contribution is 5.93. The third-order valence-electron chi connectivity index (χ3n) is 4.69. The van der Waals surface area contributed by atoms with Crippen LogP contribution in [0.15, 0.2) is 36.1 Å². The van der Waals surface area contributed by atoms with E-state index < -0.39 is 0 Å². The SMILES string of the molecule is COc1ccc([C@H](CN2CCCC2)NC(=O)C2=COCCC2)cc1. The second-order valence-corrected chi connectivity index (χ2v) is 6.42. The lowest BCUT2D eigenvalue weighted by atomic mass is 10.0. The van der Waals surface area contributed by atoms with Crippen molar-refractivity contribution in [2.24, 2.45) is 0 Å². The van der Waals surface area contributed by atoms with E-state index in [4.69, 9.17) is 9.47 Å². The third kappa shape index (κ3) is 4.29. The van der Waals surface area contributed by atoms with Gasteiger partial charge in [-0.25, -0.2) is 0 Å². The van der Waals surface area contributed by atoms with Gasteiger partial charge in [-0.05, 0) is 56.5 Å². The predicted octanol–water partition coefficient (Wildman–Crippen LogP) is 2.64. The molecule has 0 aliphatic carbocycles. The Kier molecular flexibility index (Phi) is 5.75. The monoisotopic (exact) mass is 330 g/mol. The molecule has 0 unspecified atom stereocenters. The molecular formula is C19H26N2O3. The molecule has 1 amide bonds. The van der Waals surface area contributed by atoms with Crippen molar-refractivity contribution in [1.82, 2.24) is 10.2 Å². The van der Waals surface area contributed by atoms with E-state index in [9.17, 15) is 4.79 Å². The summed E-state index contributed by atoms with van der Waals surface area (Å²) in [5, 5.41) is 3.20. The quantitative estimate of drug-likeness (QED) is 0.871. The van der Waals surface area contributed by atoms with E-state index >= 15 is 0 Å². The van der Waals surface area contributed by atoms with Gasteiger partial charge in [-0.3, -0.25) is 4.79 Å². The van der Waals surface area contributed by atoms with Gasteiger partial charge in [0.15, 0.2) is 0 Å². The topological polar surface area (TPSA) is 50.8 Å². The molecule has 1 fully saturated rings. The summed E-state index contributed by atoms with van der Waals surface area (Å²) in [6.07, 6.45) is 5.77. The normalized spacial score (nSPS) is 19.3. The summed E-state index contributed by atoms with van der Waals surface area (Å²) in [6, 6.07) is 7.93. The Bertz CT molecular complexity index is 577. The van der Waals surface area contributed by atoms with Crippen LogP contribution in [0.5, 0.6) is 5.75 Å². The molecule has 5 nitrogen and oxygen atoms in total. The first-order valence-corrected chi connectivity index (χ1v) is 8.74. The molecule has 1 atom stereocenters. The van der Waals surface area contributed by atoms with Crippen LogP contribution in [-0.4, -0.2) is 44.2 Å². The molecule has 0 saturated carbocycles. The van der Waals surface area contributed by atoms with E-state index in [1.165, 1.54) is 12.8 Å². The zero-order valence-electron chi connectivity index (χ0n) is 14.3. The molecule has 1 aromatic carbocycles. The van der Waals surface area contributed by atoms with Crippen LogP contribution >= 0.6 is 0 Å². The van der Waals surface area contributed by atoms with Crippen molar-refractivity contribution in [3.05, 3.63) is 41.7 Å². The summed E-state index contributed by atoms with van der Waals surface area (Å²) in [7, 11) is 1.66. The van der Waals surface area contributed by atoms with E-state index in [0.717, 1.165) is 49.4 Å². The molecule has 0 aromatic heterocycles. The van der Waals surface area contributed by atoms with Crippen LogP contribution in [0.4, 0.5) is 0 Å². The van der Waals surface area contributed by atoms with Gasteiger partial charge < -0.3 is 19.7 Å². The number of rotatable bonds is 6. The highest BCUT2D eigenvalue weighted by Gasteiger charge is 2.23. The first-order chi connectivity index (χ1) is 11.8. The molecular weight excluding hydrogens is 304 g/mol. The Morgan fingerprint density at radius 1 is 1.25 bits per heavy atom. The van der Waals surface area contributed by atoms with Crippen molar-refractivity contribution in [3.63, 3.8) is 0 Å². The van der Waals surface area contributed by atoms with Crippen molar-refractivity contribution in [2.75, 3.05) is 33.4 Å². The number of benzene rings is 1. The summed E-state index contributed by atoms with van der Waals surface area (Å²) in [4.78, 5) is 15.0. The van der Waals surface area contributed by atoms with E-state index in [1.54, 1.807) is 13.4 Å². The van der Waals surface area contributed by atoms with Crippen LogP contribution in [0.2, 0.25) is 0 Å². The number of ether oxygens (including phenoxy) is 2. The Morgan fingerprint density at radius 3 is 2.62 bits per heavy atom. The smallest absolute Gasteiger partial charge is 0.250 e. The first-order valence-electron chi connectivity index (χ1n) is 8.74. The zero-order chi connectivity index (χ0) is 16.8. The van der Waals surface area contributed by atoms with Gasteiger partial charge in [0.2, 0.25) is 0 Å². The maximum atomic E-state index is 12.6. The highest BCUT2D eigenvalue weighted by atomic mass is 16.5. The van der Waals surface area contributed by atoms with E-state index in [0.29, 0.717) is 6.61 Å². The molecule has 1 aromatic rings. The number of hydrogen-bond donors (Lipinski definition) is 1. The van der Waals surface area contributed by atoms with Crippen LogP contribution in [0.25, 0.3) is 0 Å². The van der Waals surface area contributed by atoms with Crippen LogP contribution < -0.4 is 10.1 Å². The number of nitrogens with zero attached hydrogens (tertiary/aromatic N) is 1. The summed E-state index contributed by atoms with van der Waals surface area (Å²) in [5.74, 6) is 0.808. The molecule has 0 spiro atoms. The molecule has 2 aliphatic rings. The lowest BCUT2D eigenvalue weighted by Gasteiger charge is -2.26. The minimum atomic E-state index is -0.0238. The number of methoxy groups -OCH3 is 1. The minimum Gasteiger partial charge on any atom is -0.501 e. The lowest BCUT2D eigenvalue weighted by molar-refractivity contribution is -0.118. The Balaban J connectivity index is 1.72. The second-order valence-electron chi connectivity index (χ2n) is 6.42. The molecule has 2 heterocycles. The van der Waals surface area contributed by atoms with Crippen LogP contribution in [-0.2, 0) is 9.53 Å². The van der Waals surface area contributed by atoms with Gasteiger partial charge in [0.05, 0.1) is 31.6 Å². The maximum Gasteiger partial charge on any atom is 0.250 e. The molecule has 3 rings (SSSR count). The number of amides is 1. The van der Waals surface area contributed by atoms with Gasteiger partial charge in [0.25, 0.3) is 5.91 Å². The molecule has 130 valence electrons. The molecule has 5 heteroatoms. The summed E-state index contributed by atoms with van der Waals surface area (Å²) < 4.78 is 10.5. The number of nitrogens with one attached hydrogen (secondary N) is 1. The zero-order valence-corrected chi connectivity index (χ0v) is 14.3. The number of likely N-dealkylation sites (tertiary alicyclic amines) is 1. The van der Waals surface area contributed by atoms with Gasteiger partial charge in [-0.15, -0.1) is 0 Å². The molecule has 1 saturated heterocycles. The minimum absolute atomic E-state index is 0.0188. The van der Waals surface area contributed by atoms with Gasteiger partial charge in [0.1, 0.15) is 5.75 Å². The van der Waals surface area contributed by atoms with Crippen molar-refractivity contribution in [3.8, 4) is 5.75 Å². The molecule has 2 aliphatic heterocycles. The van der Waals surface area contributed by atoms with Crippen LogP contribution in [0.1, 0.15) is 37.3 Å². The van der Waals surface area contributed by atoms with Crippen molar-refractivity contribution in [2.45, 2.75) is 31.7 Å². The lowest BCUT2D eigenvalue weighted by Crippen LogP contribution is -2.38. The largest absolute Gasteiger partial charge is 0.501 e. The van der Waals surface area contributed by atoms with Gasteiger partial charge in [0, 0.05) is 6.54 Å². The Morgan fingerprint density at radius 2 is 2.00 bits per heavy atom. The van der Waals surface area contributed by atoms with E-state index in [2.05, 4.69) is 10.2 Å². The fourth-order valence-electron chi connectivity index (χ4n) is 3.28. The third-order valence-corrected chi connectivity index (χ3v) is 4.69. The highest BCUT2D eigenvalue weighted by Crippen LogP contribution is 2.22. The molecule has 1 N–H and O–H groups in total. The summed E-state index contributed by atoms with van der Waals surface area (Å²) in [5.41, 5.74) is 1.84. The number of hydrogen-bond acceptors (Lipinski definition) is 4. The van der Waals surface area contributed by atoms with Crippen molar-refractivity contribution < 1.29 is 14.3 Å². The Hall–Kier alpha value is -2.01. The summed E-state index contributed by atoms with van der Waals surface area (Å²) >= 11 is 0. The molecule has 0 radical (unpaired) electrons. The van der Waals surface area contributed by atoms with Crippen LogP contribution in [0, 0.1) is 0 Å². The first kappa shape index (κ1) is 16.8. The fraction of sp³-hybridized carbons (Fsp3) is 0.526. The number of carbonyl (C=O) groups excluding carboxylic acids is 1. The number of carbonyl (C=O) groups is 1.